The van der Waals surface area contributed by atoms with Crippen LogP contribution in [0.25, 0.3) is 0 Å². The molecule has 104 valence electrons. The number of nitrogens with one attached hydrogen (secondary N) is 3. The number of urea groups is 1. The lowest BCUT2D eigenvalue weighted by Gasteiger charge is -2.15. The maximum absolute atomic E-state index is 13.2. The second-order valence-corrected chi connectivity index (χ2v) is 4.25. The second-order valence-electron chi connectivity index (χ2n) is 3.84. The molecular weight excluding hydrogens is 273 g/mol. The lowest BCUT2D eigenvalue weighted by molar-refractivity contribution is -0.120. The van der Waals surface area contributed by atoms with Crippen LogP contribution < -0.4 is 16.0 Å². The number of amides is 3. The Bertz CT molecular complexity index is 482. The molecule has 0 heterocycles. The average Bonchev–Trinajstić information content (AvgIpc) is 2.34. The maximum atomic E-state index is 13.2. The minimum absolute atomic E-state index is 0.00461. The van der Waals surface area contributed by atoms with Crippen molar-refractivity contribution in [2.75, 3.05) is 11.9 Å². The van der Waals surface area contributed by atoms with Crippen molar-refractivity contribution in [1.29, 1.82) is 0 Å². The number of carbonyl (C=O) groups is 2. The van der Waals surface area contributed by atoms with Crippen LogP contribution >= 0.6 is 11.6 Å². The molecule has 0 saturated carbocycles. The minimum Gasteiger partial charge on any atom is -0.374 e. The summed E-state index contributed by atoms with van der Waals surface area (Å²) in [5.74, 6) is -1.09. The van der Waals surface area contributed by atoms with E-state index >= 15 is 0 Å². The highest BCUT2D eigenvalue weighted by Gasteiger charge is 2.15. The van der Waals surface area contributed by atoms with Gasteiger partial charge in [0.1, 0.15) is 11.9 Å². The van der Waals surface area contributed by atoms with Gasteiger partial charge in [0.05, 0.1) is 5.02 Å². The minimum atomic E-state index is -0.691. The molecule has 7 heteroatoms. The third kappa shape index (κ3) is 4.75. The number of carbonyl (C=O) groups excluding carboxylic acids is 2. The third-order valence-corrected chi connectivity index (χ3v) is 2.58. The van der Waals surface area contributed by atoms with Crippen LogP contribution in [0.3, 0.4) is 0 Å². The molecule has 1 rings (SSSR count). The van der Waals surface area contributed by atoms with Gasteiger partial charge in [-0.1, -0.05) is 11.6 Å². The van der Waals surface area contributed by atoms with E-state index in [1.54, 1.807) is 19.9 Å². The standard InChI is InChI=1S/C12H15ClFN3O2/c1-3-15-12(19)17-11(18)7(2)16-8-4-5-9(13)10(14)6-8/h4-7,16H,3H2,1-2H3,(H2,15,17,18,19). The normalized spacial score (nSPS) is 11.6. The Balaban J connectivity index is 2.58. The lowest BCUT2D eigenvalue weighted by Crippen LogP contribution is -2.45. The van der Waals surface area contributed by atoms with Crippen LogP contribution in [-0.4, -0.2) is 24.5 Å². The van der Waals surface area contributed by atoms with Gasteiger partial charge in [0, 0.05) is 12.2 Å². The lowest BCUT2D eigenvalue weighted by atomic mass is 10.2. The number of hydrogen-bond acceptors (Lipinski definition) is 3. The van der Waals surface area contributed by atoms with Crippen LogP contribution in [0.4, 0.5) is 14.9 Å². The molecule has 5 nitrogen and oxygen atoms in total. The number of rotatable bonds is 4. The monoisotopic (exact) mass is 287 g/mol. The Morgan fingerprint density at radius 1 is 1.42 bits per heavy atom. The summed E-state index contributed by atoms with van der Waals surface area (Å²) in [6.45, 7) is 3.71. The predicted octanol–water partition coefficient (Wildman–Crippen LogP) is 2.13. The topological polar surface area (TPSA) is 70.2 Å². The van der Waals surface area contributed by atoms with Crippen LogP contribution in [0.1, 0.15) is 13.8 Å². The van der Waals surface area contributed by atoms with E-state index in [9.17, 15) is 14.0 Å². The molecule has 0 saturated heterocycles. The fourth-order valence-electron chi connectivity index (χ4n) is 1.33. The SMILES string of the molecule is CCNC(=O)NC(=O)C(C)Nc1ccc(Cl)c(F)c1. The van der Waals surface area contributed by atoms with E-state index in [0.29, 0.717) is 12.2 Å². The highest BCUT2D eigenvalue weighted by atomic mass is 35.5. The summed E-state index contributed by atoms with van der Waals surface area (Å²) in [6, 6.07) is 2.85. The summed E-state index contributed by atoms with van der Waals surface area (Å²) in [7, 11) is 0. The Labute approximate surface area is 115 Å². The quantitative estimate of drug-likeness (QED) is 0.794. The summed E-state index contributed by atoms with van der Waals surface area (Å²) >= 11 is 5.55. The van der Waals surface area contributed by atoms with Crippen molar-refractivity contribution in [3.8, 4) is 0 Å². The molecular formula is C12H15ClFN3O2. The van der Waals surface area contributed by atoms with Crippen LogP contribution in [-0.2, 0) is 4.79 Å². The summed E-state index contributed by atoms with van der Waals surface area (Å²) in [5, 5.41) is 7.36. The van der Waals surface area contributed by atoms with Crippen LogP contribution in [0.15, 0.2) is 18.2 Å². The van der Waals surface area contributed by atoms with Gasteiger partial charge in [-0.3, -0.25) is 10.1 Å². The molecule has 0 aliphatic heterocycles. The maximum Gasteiger partial charge on any atom is 0.321 e. The van der Waals surface area contributed by atoms with Gasteiger partial charge < -0.3 is 10.6 Å². The molecule has 0 aliphatic rings. The molecule has 0 aliphatic carbocycles. The van der Waals surface area contributed by atoms with E-state index in [1.807, 2.05) is 0 Å². The highest BCUT2D eigenvalue weighted by molar-refractivity contribution is 6.30. The first-order valence-electron chi connectivity index (χ1n) is 5.74. The second kappa shape index (κ2) is 6.94. The molecule has 1 aromatic rings. The Morgan fingerprint density at radius 2 is 2.11 bits per heavy atom. The van der Waals surface area contributed by atoms with Crippen molar-refractivity contribution in [2.45, 2.75) is 19.9 Å². The Morgan fingerprint density at radius 3 is 2.68 bits per heavy atom. The van der Waals surface area contributed by atoms with Crippen molar-refractivity contribution >= 4 is 29.2 Å². The van der Waals surface area contributed by atoms with E-state index in [2.05, 4.69) is 16.0 Å². The van der Waals surface area contributed by atoms with E-state index in [1.165, 1.54) is 12.1 Å². The molecule has 3 N–H and O–H groups in total. The fraction of sp³-hybridized carbons (Fsp3) is 0.333. The Hall–Kier alpha value is -1.82. The zero-order valence-corrected chi connectivity index (χ0v) is 11.3. The predicted molar refractivity (Wildman–Crippen MR) is 71.7 cm³/mol. The molecule has 0 spiro atoms. The van der Waals surface area contributed by atoms with Gasteiger partial charge >= 0.3 is 6.03 Å². The molecule has 3 amide bonds. The third-order valence-electron chi connectivity index (χ3n) is 2.27. The van der Waals surface area contributed by atoms with E-state index in [-0.39, 0.29) is 5.02 Å². The van der Waals surface area contributed by atoms with E-state index in [4.69, 9.17) is 11.6 Å². The van der Waals surface area contributed by atoms with Crippen LogP contribution in [0, 0.1) is 5.82 Å². The van der Waals surface area contributed by atoms with E-state index in [0.717, 1.165) is 0 Å². The van der Waals surface area contributed by atoms with Crippen molar-refractivity contribution in [1.82, 2.24) is 10.6 Å². The number of imide groups is 1. The number of halogens is 2. The summed E-state index contributed by atoms with van der Waals surface area (Å²) in [4.78, 5) is 22.8. The first kappa shape index (κ1) is 15.2. The molecule has 1 atom stereocenters. The van der Waals surface area contributed by atoms with Gasteiger partial charge in [0.25, 0.3) is 0 Å². The first-order valence-corrected chi connectivity index (χ1v) is 6.12. The first-order chi connectivity index (χ1) is 8.93. The van der Waals surface area contributed by atoms with Crippen molar-refractivity contribution in [2.24, 2.45) is 0 Å². The van der Waals surface area contributed by atoms with Gasteiger partial charge in [-0.2, -0.15) is 0 Å². The fourth-order valence-corrected chi connectivity index (χ4v) is 1.44. The van der Waals surface area contributed by atoms with Gasteiger partial charge in [0.15, 0.2) is 0 Å². The van der Waals surface area contributed by atoms with Gasteiger partial charge in [0.2, 0.25) is 5.91 Å². The molecule has 0 fully saturated rings. The van der Waals surface area contributed by atoms with Crippen molar-refractivity contribution in [3.63, 3.8) is 0 Å². The van der Waals surface area contributed by atoms with Crippen molar-refractivity contribution < 1.29 is 14.0 Å². The smallest absolute Gasteiger partial charge is 0.321 e. The highest BCUT2D eigenvalue weighted by Crippen LogP contribution is 2.19. The molecule has 19 heavy (non-hydrogen) atoms. The van der Waals surface area contributed by atoms with E-state index < -0.39 is 23.8 Å². The van der Waals surface area contributed by atoms with Gasteiger partial charge in [-0.05, 0) is 32.0 Å². The Kier molecular flexibility index (Phi) is 5.57. The van der Waals surface area contributed by atoms with Gasteiger partial charge in [-0.25, -0.2) is 9.18 Å². The van der Waals surface area contributed by atoms with Crippen molar-refractivity contribution in [3.05, 3.63) is 29.0 Å². The zero-order valence-electron chi connectivity index (χ0n) is 10.6. The largest absolute Gasteiger partial charge is 0.374 e. The zero-order chi connectivity index (χ0) is 14.4. The molecule has 0 radical (unpaired) electrons. The molecule has 0 aromatic heterocycles. The summed E-state index contributed by atoms with van der Waals surface area (Å²) in [5.41, 5.74) is 0.403. The number of anilines is 1. The summed E-state index contributed by atoms with van der Waals surface area (Å²) < 4.78 is 13.2. The average molecular weight is 288 g/mol. The molecule has 0 bridgehead atoms. The van der Waals surface area contributed by atoms with Crippen LogP contribution in [0.5, 0.6) is 0 Å². The summed E-state index contributed by atoms with van der Waals surface area (Å²) in [6.07, 6.45) is 0. The van der Waals surface area contributed by atoms with Gasteiger partial charge in [-0.15, -0.1) is 0 Å². The molecule has 1 aromatic carbocycles. The molecule has 1 unspecified atom stereocenters. The number of hydrogen-bond donors (Lipinski definition) is 3. The van der Waals surface area contributed by atoms with Crippen LogP contribution in [0.2, 0.25) is 5.02 Å². The number of benzene rings is 1.